The molecule has 0 saturated carbocycles. The Morgan fingerprint density at radius 2 is 2.13 bits per heavy atom. The van der Waals surface area contributed by atoms with Gasteiger partial charge in [-0.3, -0.25) is 0 Å². The summed E-state index contributed by atoms with van der Waals surface area (Å²) >= 11 is 12.0. The number of carbonyl (C=O) groups excluding carboxylic acids is 1. The lowest BCUT2D eigenvalue weighted by Crippen LogP contribution is -1.96. The van der Waals surface area contributed by atoms with Crippen molar-refractivity contribution >= 4 is 40.4 Å². The van der Waals surface area contributed by atoms with E-state index in [0.717, 1.165) is 17.2 Å². The molecule has 1 aromatic carbocycles. The van der Waals surface area contributed by atoms with Crippen molar-refractivity contribution in [3.05, 3.63) is 34.4 Å². The van der Waals surface area contributed by atoms with Gasteiger partial charge in [0, 0.05) is 29.6 Å². The van der Waals surface area contributed by atoms with E-state index in [1.165, 1.54) is 0 Å². The van der Waals surface area contributed by atoms with Crippen LogP contribution >= 0.6 is 23.2 Å². The minimum atomic E-state index is 0.494. The van der Waals surface area contributed by atoms with Crippen LogP contribution < -0.4 is 0 Å². The molecule has 0 bridgehead atoms. The fourth-order valence-corrected chi connectivity index (χ4v) is 2.15. The molecule has 0 fully saturated rings. The molecule has 0 unspecified atom stereocenters. The first-order chi connectivity index (χ1) is 7.22. The van der Waals surface area contributed by atoms with Crippen molar-refractivity contribution < 1.29 is 4.79 Å². The highest BCUT2D eigenvalue weighted by molar-refractivity contribution is 6.38. The maximum atomic E-state index is 10.3. The Kier molecular flexibility index (Phi) is 2.98. The summed E-state index contributed by atoms with van der Waals surface area (Å²) in [6.45, 7) is 0.656. The quantitative estimate of drug-likeness (QED) is 0.754. The molecule has 2 nitrogen and oxygen atoms in total. The maximum Gasteiger partial charge on any atom is 0.121 e. The number of benzene rings is 1. The average molecular weight is 242 g/mol. The van der Waals surface area contributed by atoms with Gasteiger partial charge in [0.05, 0.1) is 10.5 Å². The molecule has 1 heterocycles. The fourth-order valence-electron chi connectivity index (χ4n) is 1.61. The van der Waals surface area contributed by atoms with Crippen molar-refractivity contribution in [3.8, 4) is 0 Å². The monoisotopic (exact) mass is 241 g/mol. The molecular weight excluding hydrogens is 233 g/mol. The first kappa shape index (κ1) is 10.5. The number of fused-ring (bicyclic) bond motifs is 1. The van der Waals surface area contributed by atoms with E-state index in [1.54, 1.807) is 6.07 Å². The Morgan fingerprint density at radius 1 is 1.33 bits per heavy atom. The van der Waals surface area contributed by atoms with Gasteiger partial charge < -0.3 is 9.36 Å². The minimum Gasteiger partial charge on any atom is -0.347 e. The van der Waals surface area contributed by atoms with E-state index in [2.05, 4.69) is 0 Å². The van der Waals surface area contributed by atoms with Gasteiger partial charge >= 0.3 is 0 Å². The summed E-state index contributed by atoms with van der Waals surface area (Å²) in [4.78, 5) is 10.3. The van der Waals surface area contributed by atoms with E-state index in [4.69, 9.17) is 23.2 Å². The Bertz CT molecular complexity index is 505. The summed E-state index contributed by atoms with van der Waals surface area (Å²) in [5.74, 6) is 0. The van der Waals surface area contributed by atoms with Crippen LogP contribution in [0, 0.1) is 0 Å². The number of carbonyl (C=O) groups is 1. The molecule has 2 aromatic rings. The molecule has 1 aromatic heterocycles. The average Bonchev–Trinajstić information content (AvgIpc) is 2.58. The lowest BCUT2D eigenvalue weighted by Gasteiger charge is -2.03. The van der Waals surface area contributed by atoms with Crippen LogP contribution in [-0.2, 0) is 11.3 Å². The van der Waals surface area contributed by atoms with E-state index >= 15 is 0 Å². The number of halogens is 2. The van der Waals surface area contributed by atoms with Gasteiger partial charge in [-0.2, -0.15) is 0 Å². The zero-order valence-electron chi connectivity index (χ0n) is 7.91. The van der Waals surface area contributed by atoms with Crippen LogP contribution in [0.5, 0.6) is 0 Å². The van der Waals surface area contributed by atoms with Crippen molar-refractivity contribution in [2.24, 2.45) is 0 Å². The van der Waals surface area contributed by atoms with Crippen LogP contribution in [0.1, 0.15) is 6.42 Å². The normalized spacial score (nSPS) is 10.8. The zero-order valence-corrected chi connectivity index (χ0v) is 9.42. The Labute approximate surface area is 97.4 Å². The highest BCUT2D eigenvalue weighted by Gasteiger charge is 2.05. The number of aldehydes is 1. The van der Waals surface area contributed by atoms with E-state index in [9.17, 15) is 4.79 Å². The van der Waals surface area contributed by atoms with Crippen LogP contribution in [0.15, 0.2) is 24.4 Å². The lowest BCUT2D eigenvalue weighted by molar-refractivity contribution is -0.108. The Hall–Kier alpha value is -0.990. The molecule has 0 atom stereocenters. The molecule has 2 rings (SSSR count). The molecule has 0 N–H and O–H groups in total. The highest BCUT2D eigenvalue weighted by atomic mass is 35.5. The van der Waals surface area contributed by atoms with Gasteiger partial charge in [0.25, 0.3) is 0 Å². The van der Waals surface area contributed by atoms with Gasteiger partial charge in [-0.25, -0.2) is 0 Å². The van der Waals surface area contributed by atoms with Gasteiger partial charge in [0.15, 0.2) is 0 Å². The largest absolute Gasteiger partial charge is 0.347 e. The number of aryl methyl sites for hydroxylation is 1. The number of rotatable bonds is 3. The predicted octanol–water partition coefficient (Wildman–Crippen LogP) is 3.54. The second-order valence-electron chi connectivity index (χ2n) is 3.28. The van der Waals surface area contributed by atoms with Crippen LogP contribution in [-0.4, -0.2) is 10.9 Å². The molecule has 0 aliphatic rings. The molecule has 0 radical (unpaired) electrons. The van der Waals surface area contributed by atoms with Gasteiger partial charge in [-0.05, 0) is 18.2 Å². The number of hydrogen-bond donors (Lipinski definition) is 0. The summed E-state index contributed by atoms with van der Waals surface area (Å²) in [5, 5.41) is 2.22. The minimum absolute atomic E-state index is 0.494. The van der Waals surface area contributed by atoms with E-state index in [-0.39, 0.29) is 0 Å². The maximum absolute atomic E-state index is 10.3. The second kappa shape index (κ2) is 4.25. The molecule has 4 heteroatoms. The second-order valence-corrected chi connectivity index (χ2v) is 4.13. The molecule has 0 aliphatic heterocycles. The van der Waals surface area contributed by atoms with Crippen LogP contribution in [0.2, 0.25) is 10.0 Å². The van der Waals surface area contributed by atoms with Crippen molar-refractivity contribution in [2.45, 2.75) is 13.0 Å². The smallest absolute Gasteiger partial charge is 0.121 e. The van der Waals surface area contributed by atoms with Crippen molar-refractivity contribution in [1.29, 1.82) is 0 Å². The summed E-state index contributed by atoms with van der Waals surface area (Å²) in [7, 11) is 0. The third-order valence-electron chi connectivity index (χ3n) is 2.29. The summed E-state index contributed by atoms with van der Waals surface area (Å²) in [6.07, 6.45) is 3.31. The first-order valence-corrected chi connectivity index (χ1v) is 5.35. The zero-order chi connectivity index (χ0) is 10.8. The summed E-state index contributed by atoms with van der Waals surface area (Å²) in [6, 6.07) is 5.50. The van der Waals surface area contributed by atoms with Gasteiger partial charge in [0.1, 0.15) is 6.29 Å². The molecular formula is C11H9Cl2NO. The van der Waals surface area contributed by atoms with Crippen molar-refractivity contribution in [2.75, 3.05) is 0 Å². The van der Waals surface area contributed by atoms with Crippen molar-refractivity contribution in [3.63, 3.8) is 0 Å². The van der Waals surface area contributed by atoms with Crippen LogP contribution in [0.25, 0.3) is 10.9 Å². The Balaban J connectivity index is 2.53. The van der Waals surface area contributed by atoms with Gasteiger partial charge in [0.2, 0.25) is 0 Å². The molecule has 0 aliphatic carbocycles. The van der Waals surface area contributed by atoms with Gasteiger partial charge in [-0.1, -0.05) is 23.2 Å². The number of hydrogen-bond acceptors (Lipinski definition) is 1. The molecule has 78 valence electrons. The molecule has 0 spiro atoms. The van der Waals surface area contributed by atoms with Crippen LogP contribution in [0.4, 0.5) is 0 Å². The van der Waals surface area contributed by atoms with Crippen LogP contribution in [0.3, 0.4) is 0 Å². The van der Waals surface area contributed by atoms with Gasteiger partial charge in [-0.15, -0.1) is 0 Å². The predicted molar refractivity (Wildman–Crippen MR) is 62.6 cm³/mol. The topological polar surface area (TPSA) is 22.0 Å². The van der Waals surface area contributed by atoms with E-state index in [0.29, 0.717) is 23.0 Å². The third kappa shape index (κ3) is 2.01. The summed E-state index contributed by atoms with van der Waals surface area (Å²) < 4.78 is 1.97. The SMILES string of the molecule is O=CCCn1ccc2c(Cl)cc(Cl)cc21. The highest BCUT2D eigenvalue weighted by Crippen LogP contribution is 2.28. The number of nitrogens with zero attached hydrogens (tertiary/aromatic N) is 1. The lowest BCUT2D eigenvalue weighted by atomic mass is 10.2. The third-order valence-corrected chi connectivity index (χ3v) is 2.82. The fraction of sp³-hybridized carbons (Fsp3) is 0.182. The van der Waals surface area contributed by atoms with E-state index < -0.39 is 0 Å². The molecule has 15 heavy (non-hydrogen) atoms. The van der Waals surface area contributed by atoms with Crippen molar-refractivity contribution in [1.82, 2.24) is 4.57 Å². The Morgan fingerprint density at radius 3 is 2.87 bits per heavy atom. The molecule has 0 saturated heterocycles. The molecule has 0 amide bonds. The van der Waals surface area contributed by atoms with E-state index in [1.807, 2.05) is 22.9 Å². The standard InChI is InChI=1S/C11H9Cl2NO/c12-8-6-10(13)9-2-4-14(3-1-5-15)11(9)7-8/h2,4-7H,1,3H2. The first-order valence-electron chi connectivity index (χ1n) is 4.60. The number of aromatic nitrogens is 1. The summed E-state index contributed by atoms with van der Waals surface area (Å²) in [5.41, 5.74) is 0.967.